The van der Waals surface area contributed by atoms with Gasteiger partial charge in [0.05, 0.1) is 6.04 Å². The molecule has 0 saturated heterocycles. The molecule has 0 bridgehead atoms. The van der Waals surface area contributed by atoms with Crippen molar-refractivity contribution < 1.29 is 4.42 Å². The number of hydrogen-bond acceptors (Lipinski definition) is 2. The zero-order chi connectivity index (χ0) is 9.14. The Balaban J connectivity index is 2.70. The Kier molecular flexibility index (Phi) is 2.93. The molecular weight excluding hydrogens is 150 g/mol. The second kappa shape index (κ2) is 3.76. The zero-order valence-electron chi connectivity index (χ0n) is 8.29. The highest BCUT2D eigenvalue weighted by atomic mass is 16.3. The smallest absolute Gasteiger partial charge is 0.121 e. The Morgan fingerprint density at radius 2 is 2.17 bits per heavy atom. The number of furan rings is 1. The molecule has 1 heterocycles. The lowest BCUT2D eigenvalue weighted by Crippen LogP contribution is -2.21. The summed E-state index contributed by atoms with van der Waals surface area (Å²) in [5, 5.41) is 0. The van der Waals surface area contributed by atoms with Crippen molar-refractivity contribution in [3.63, 3.8) is 0 Å². The molecule has 0 aliphatic heterocycles. The molecule has 0 aromatic carbocycles. The molecule has 2 nitrogen and oxygen atoms in total. The van der Waals surface area contributed by atoms with Crippen LogP contribution in [0.3, 0.4) is 0 Å². The summed E-state index contributed by atoms with van der Waals surface area (Å²) in [5.41, 5.74) is 0. The van der Waals surface area contributed by atoms with Crippen molar-refractivity contribution in [2.24, 2.45) is 0 Å². The zero-order valence-corrected chi connectivity index (χ0v) is 8.29. The third-order valence-corrected chi connectivity index (χ3v) is 2.33. The van der Waals surface area contributed by atoms with Gasteiger partial charge in [-0.2, -0.15) is 0 Å². The van der Waals surface area contributed by atoms with Gasteiger partial charge in [0.25, 0.3) is 0 Å². The van der Waals surface area contributed by atoms with Crippen molar-refractivity contribution in [2.45, 2.75) is 26.8 Å². The monoisotopic (exact) mass is 167 g/mol. The van der Waals surface area contributed by atoms with Crippen molar-refractivity contribution in [2.75, 3.05) is 13.6 Å². The summed E-state index contributed by atoms with van der Waals surface area (Å²) in [7, 11) is 2.10. The van der Waals surface area contributed by atoms with Gasteiger partial charge in [-0.1, -0.05) is 6.92 Å². The van der Waals surface area contributed by atoms with Crippen molar-refractivity contribution >= 4 is 0 Å². The third-order valence-electron chi connectivity index (χ3n) is 2.33. The molecule has 0 aliphatic rings. The lowest BCUT2D eigenvalue weighted by Gasteiger charge is -2.20. The minimum atomic E-state index is 0.378. The Bertz CT molecular complexity index is 242. The van der Waals surface area contributed by atoms with Gasteiger partial charge in [-0.25, -0.2) is 0 Å². The van der Waals surface area contributed by atoms with E-state index in [1.165, 1.54) is 0 Å². The number of aryl methyl sites for hydroxylation is 1. The Morgan fingerprint density at radius 3 is 2.58 bits per heavy atom. The summed E-state index contributed by atoms with van der Waals surface area (Å²) >= 11 is 0. The molecular formula is C10H17NO. The van der Waals surface area contributed by atoms with E-state index in [1.807, 2.05) is 19.1 Å². The van der Waals surface area contributed by atoms with E-state index in [-0.39, 0.29) is 0 Å². The lowest BCUT2D eigenvalue weighted by atomic mass is 10.2. The fourth-order valence-corrected chi connectivity index (χ4v) is 1.17. The van der Waals surface area contributed by atoms with Crippen LogP contribution in [0.5, 0.6) is 0 Å². The van der Waals surface area contributed by atoms with Crippen LogP contribution in [0, 0.1) is 6.92 Å². The second-order valence-corrected chi connectivity index (χ2v) is 3.20. The molecule has 0 fully saturated rings. The largest absolute Gasteiger partial charge is 0.465 e. The van der Waals surface area contributed by atoms with Crippen LogP contribution in [0.1, 0.15) is 31.4 Å². The van der Waals surface area contributed by atoms with E-state index in [4.69, 9.17) is 4.42 Å². The fourth-order valence-electron chi connectivity index (χ4n) is 1.17. The van der Waals surface area contributed by atoms with Crippen molar-refractivity contribution in [1.82, 2.24) is 4.90 Å². The third kappa shape index (κ3) is 1.89. The minimum Gasteiger partial charge on any atom is -0.465 e. The summed E-state index contributed by atoms with van der Waals surface area (Å²) in [5.74, 6) is 2.04. The van der Waals surface area contributed by atoms with Gasteiger partial charge in [-0.15, -0.1) is 0 Å². The number of hydrogen-bond donors (Lipinski definition) is 0. The van der Waals surface area contributed by atoms with Crippen molar-refractivity contribution in [1.29, 1.82) is 0 Å². The van der Waals surface area contributed by atoms with Gasteiger partial charge in [0.2, 0.25) is 0 Å². The van der Waals surface area contributed by atoms with Crippen LogP contribution >= 0.6 is 0 Å². The van der Waals surface area contributed by atoms with Gasteiger partial charge >= 0.3 is 0 Å². The fraction of sp³-hybridized carbons (Fsp3) is 0.600. The maximum atomic E-state index is 5.53. The Hall–Kier alpha value is -0.760. The first-order chi connectivity index (χ1) is 5.65. The molecule has 2 heteroatoms. The predicted octanol–water partition coefficient (Wildman–Crippen LogP) is 2.60. The number of rotatable bonds is 3. The molecule has 0 N–H and O–H groups in total. The average molecular weight is 167 g/mol. The molecule has 1 unspecified atom stereocenters. The molecule has 0 saturated carbocycles. The van der Waals surface area contributed by atoms with Gasteiger partial charge in [0, 0.05) is 0 Å². The maximum absolute atomic E-state index is 5.53. The van der Waals surface area contributed by atoms with Gasteiger partial charge in [0.1, 0.15) is 11.5 Å². The van der Waals surface area contributed by atoms with Crippen molar-refractivity contribution in [3.8, 4) is 0 Å². The van der Waals surface area contributed by atoms with Gasteiger partial charge in [-0.3, -0.25) is 4.90 Å². The first-order valence-electron chi connectivity index (χ1n) is 4.41. The average Bonchev–Trinajstić information content (AvgIpc) is 2.49. The van der Waals surface area contributed by atoms with Gasteiger partial charge in [-0.05, 0) is 39.6 Å². The predicted molar refractivity (Wildman–Crippen MR) is 50.2 cm³/mol. The van der Waals surface area contributed by atoms with Crippen LogP contribution in [0.2, 0.25) is 0 Å². The quantitative estimate of drug-likeness (QED) is 0.688. The van der Waals surface area contributed by atoms with E-state index in [0.717, 1.165) is 18.1 Å². The molecule has 0 amide bonds. The minimum absolute atomic E-state index is 0.378. The normalized spacial score (nSPS) is 13.8. The summed E-state index contributed by atoms with van der Waals surface area (Å²) in [6.07, 6.45) is 0. The number of nitrogens with zero attached hydrogens (tertiary/aromatic N) is 1. The summed E-state index contributed by atoms with van der Waals surface area (Å²) in [6, 6.07) is 4.44. The van der Waals surface area contributed by atoms with Gasteiger partial charge in [0.15, 0.2) is 0 Å². The standard InChI is InChI=1S/C10H17NO/c1-5-11(4)9(3)10-7-6-8(2)12-10/h6-7,9H,5H2,1-4H3. The molecule has 1 aromatic heterocycles. The molecule has 0 aliphatic carbocycles. The van der Waals surface area contributed by atoms with E-state index in [1.54, 1.807) is 0 Å². The highest BCUT2D eigenvalue weighted by Crippen LogP contribution is 2.20. The van der Waals surface area contributed by atoms with Crippen LogP contribution in [0.4, 0.5) is 0 Å². The summed E-state index contributed by atoms with van der Waals surface area (Å²) in [4.78, 5) is 2.25. The second-order valence-electron chi connectivity index (χ2n) is 3.20. The molecule has 1 aromatic rings. The van der Waals surface area contributed by atoms with Crippen LogP contribution < -0.4 is 0 Å². The van der Waals surface area contributed by atoms with E-state index in [9.17, 15) is 0 Å². The SMILES string of the molecule is CCN(C)C(C)c1ccc(C)o1. The molecule has 12 heavy (non-hydrogen) atoms. The van der Waals surface area contributed by atoms with E-state index in [2.05, 4.69) is 25.8 Å². The Labute approximate surface area is 74.2 Å². The molecule has 0 spiro atoms. The highest BCUT2D eigenvalue weighted by molar-refractivity contribution is 5.08. The maximum Gasteiger partial charge on any atom is 0.121 e. The molecule has 68 valence electrons. The van der Waals surface area contributed by atoms with E-state index >= 15 is 0 Å². The van der Waals surface area contributed by atoms with Crippen LogP contribution in [-0.4, -0.2) is 18.5 Å². The highest BCUT2D eigenvalue weighted by Gasteiger charge is 2.12. The van der Waals surface area contributed by atoms with Crippen molar-refractivity contribution in [3.05, 3.63) is 23.7 Å². The first kappa shape index (κ1) is 9.33. The Morgan fingerprint density at radius 1 is 1.50 bits per heavy atom. The van der Waals surface area contributed by atoms with E-state index in [0.29, 0.717) is 6.04 Å². The topological polar surface area (TPSA) is 16.4 Å². The van der Waals surface area contributed by atoms with Crippen LogP contribution in [-0.2, 0) is 0 Å². The van der Waals surface area contributed by atoms with E-state index < -0.39 is 0 Å². The van der Waals surface area contributed by atoms with Crippen LogP contribution in [0.25, 0.3) is 0 Å². The molecule has 1 atom stereocenters. The summed E-state index contributed by atoms with van der Waals surface area (Å²) < 4.78 is 5.53. The molecule has 0 radical (unpaired) electrons. The summed E-state index contributed by atoms with van der Waals surface area (Å²) in [6.45, 7) is 7.32. The molecule has 1 rings (SSSR count). The first-order valence-corrected chi connectivity index (χ1v) is 4.41. The van der Waals surface area contributed by atoms with Gasteiger partial charge < -0.3 is 4.42 Å². The lowest BCUT2D eigenvalue weighted by molar-refractivity contribution is 0.240. The van der Waals surface area contributed by atoms with Crippen LogP contribution in [0.15, 0.2) is 16.5 Å².